The SMILES string of the molecule is COc1cc2cc([N+](=O)[O-])c(=O)oc2cc1OCc1ccccc1. The predicted octanol–water partition coefficient (Wildman–Crippen LogP) is 3.29. The van der Waals surface area contributed by atoms with Gasteiger partial charge in [-0.05, 0) is 11.6 Å². The van der Waals surface area contributed by atoms with E-state index in [0.29, 0.717) is 23.5 Å². The van der Waals surface area contributed by atoms with Crippen LogP contribution in [0.15, 0.2) is 57.7 Å². The van der Waals surface area contributed by atoms with Gasteiger partial charge >= 0.3 is 11.3 Å². The molecule has 1 heterocycles. The van der Waals surface area contributed by atoms with E-state index in [-0.39, 0.29) is 5.58 Å². The second-order valence-corrected chi connectivity index (χ2v) is 4.99. The number of hydrogen-bond donors (Lipinski definition) is 0. The highest BCUT2D eigenvalue weighted by atomic mass is 16.6. The van der Waals surface area contributed by atoms with Gasteiger partial charge in [-0.3, -0.25) is 10.1 Å². The highest BCUT2D eigenvalue weighted by molar-refractivity contribution is 5.82. The summed E-state index contributed by atoms with van der Waals surface area (Å²) in [5, 5.41) is 11.2. The van der Waals surface area contributed by atoms with Crippen molar-refractivity contribution in [1.82, 2.24) is 0 Å². The van der Waals surface area contributed by atoms with Crippen molar-refractivity contribution in [2.45, 2.75) is 6.61 Å². The smallest absolute Gasteiger partial charge is 0.415 e. The normalized spacial score (nSPS) is 10.5. The average Bonchev–Trinajstić information content (AvgIpc) is 2.59. The second-order valence-electron chi connectivity index (χ2n) is 4.99. The predicted molar refractivity (Wildman–Crippen MR) is 86.5 cm³/mol. The Hall–Kier alpha value is -3.35. The zero-order valence-electron chi connectivity index (χ0n) is 12.7. The van der Waals surface area contributed by atoms with Gasteiger partial charge in [0.05, 0.1) is 12.0 Å². The van der Waals surface area contributed by atoms with E-state index in [4.69, 9.17) is 13.9 Å². The van der Waals surface area contributed by atoms with Crippen molar-refractivity contribution in [1.29, 1.82) is 0 Å². The molecule has 0 aliphatic carbocycles. The molecule has 0 saturated heterocycles. The Kier molecular flexibility index (Phi) is 4.15. The van der Waals surface area contributed by atoms with E-state index in [2.05, 4.69) is 0 Å². The van der Waals surface area contributed by atoms with Crippen LogP contribution in [0.5, 0.6) is 11.5 Å². The number of nitrogens with zero attached hydrogens (tertiary/aromatic N) is 1. The standard InChI is InChI=1S/C17H13NO6/c1-22-15-8-12-7-13(18(20)21)17(19)24-14(12)9-16(15)23-10-11-5-3-2-4-6-11/h2-9H,10H2,1H3. The van der Waals surface area contributed by atoms with E-state index < -0.39 is 16.2 Å². The summed E-state index contributed by atoms with van der Waals surface area (Å²) in [5.74, 6) is 0.771. The Morgan fingerprint density at radius 3 is 2.54 bits per heavy atom. The van der Waals surface area contributed by atoms with Crippen LogP contribution < -0.4 is 15.1 Å². The van der Waals surface area contributed by atoms with Crippen LogP contribution in [-0.4, -0.2) is 12.0 Å². The third kappa shape index (κ3) is 3.05. The van der Waals surface area contributed by atoms with Crippen LogP contribution in [-0.2, 0) is 6.61 Å². The number of methoxy groups -OCH3 is 1. The Morgan fingerprint density at radius 2 is 1.88 bits per heavy atom. The summed E-state index contributed by atoms with van der Waals surface area (Å²) in [6, 6.07) is 13.7. The second kappa shape index (κ2) is 6.41. The molecule has 3 rings (SSSR count). The largest absolute Gasteiger partial charge is 0.493 e. The summed E-state index contributed by atoms with van der Waals surface area (Å²) in [7, 11) is 1.46. The molecular formula is C17H13NO6. The highest BCUT2D eigenvalue weighted by Crippen LogP contribution is 2.33. The molecule has 1 aromatic heterocycles. The molecule has 0 bridgehead atoms. The maximum absolute atomic E-state index is 11.6. The average molecular weight is 327 g/mol. The molecule has 0 radical (unpaired) electrons. The van der Waals surface area contributed by atoms with Crippen LogP contribution in [0, 0.1) is 10.1 Å². The molecule has 0 aliphatic heterocycles. The fourth-order valence-electron chi connectivity index (χ4n) is 2.25. The van der Waals surface area contributed by atoms with Gasteiger partial charge < -0.3 is 13.9 Å². The first-order valence-electron chi connectivity index (χ1n) is 7.05. The molecular weight excluding hydrogens is 314 g/mol. The van der Waals surface area contributed by atoms with Gasteiger partial charge in [0.1, 0.15) is 12.2 Å². The van der Waals surface area contributed by atoms with Crippen LogP contribution in [0.4, 0.5) is 5.69 Å². The summed E-state index contributed by atoms with van der Waals surface area (Å²) in [5.41, 5.74) is -0.478. The quantitative estimate of drug-likeness (QED) is 0.405. The molecule has 7 heteroatoms. The Bertz CT molecular complexity index is 948. The number of fused-ring (bicyclic) bond motifs is 1. The van der Waals surface area contributed by atoms with Gasteiger partial charge in [-0.15, -0.1) is 0 Å². The number of benzene rings is 2. The lowest BCUT2D eigenvalue weighted by Crippen LogP contribution is -2.06. The monoisotopic (exact) mass is 327 g/mol. The van der Waals surface area contributed by atoms with Crippen LogP contribution in [0.1, 0.15) is 5.56 Å². The minimum absolute atomic E-state index is 0.189. The minimum atomic E-state index is -1.01. The van der Waals surface area contributed by atoms with Gasteiger partial charge in [0.15, 0.2) is 11.5 Å². The summed E-state index contributed by atoms with van der Waals surface area (Å²) in [4.78, 5) is 21.7. The molecule has 0 aliphatic rings. The zero-order valence-corrected chi connectivity index (χ0v) is 12.7. The summed E-state index contributed by atoms with van der Waals surface area (Å²) in [6.07, 6.45) is 0. The van der Waals surface area contributed by atoms with Gasteiger partial charge in [-0.25, -0.2) is 4.79 Å². The topological polar surface area (TPSA) is 91.8 Å². The summed E-state index contributed by atoms with van der Waals surface area (Å²) >= 11 is 0. The molecule has 0 amide bonds. The van der Waals surface area contributed by atoms with Crippen LogP contribution in [0.25, 0.3) is 11.0 Å². The molecule has 0 fully saturated rings. The van der Waals surface area contributed by atoms with Crippen molar-refractivity contribution >= 4 is 16.7 Å². The fourth-order valence-corrected chi connectivity index (χ4v) is 2.25. The number of nitro groups is 1. The van der Waals surface area contributed by atoms with E-state index in [1.165, 1.54) is 19.2 Å². The van der Waals surface area contributed by atoms with Crippen LogP contribution in [0.3, 0.4) is 0 Å². The van der Waals surface area contributed by atoms with Gasteiger partial charge in [-0.2, -0.15) is 0 Å². The molecule has 0 spiro atoms. The number of rotatable bonds is 5. The lowest BCUT2D eigenvalue weighted by molar-refractivity contribution is -0.387. The number of hydrogen-bond acceptors (Lipinski definition) is 6. The molecule has 2 aromatic carbocycles. The summed E-state index contributed by atoms with van der Waals surface area (Å²) < 4.78 is 16.0. The molecule has 0 unspecified atom stereocenters. The molecule has 24 heavy (non-hydrogen) atoms. The molecule has 3 aromatic rings. The summed E-state index contributed by atoms with van der Waals surface area (Å²) in [6.45, 7) is 0.305. The first kappa shape index (κ1) is 15.5. The van der Waals surface area contributed by atoms with Crippen molar-refractivity contribution in [2.24, 2.45) is 0 Å². The van der Waals surface area contributed by atoms with Crippen molar-refractivity contribution in [2.75, 3.05) is 7.11 Å². The van der Waals surface area contributed by atoms with E-state index in [0.717, 1.165) is 11.6 Å². The van der Waals surface area contributed by atoms with Crippen molar-refractivity contribution in [3.8, 4) is 11.5 Å². The van der Waals surface area contributed by atoms with Gasteiger partial charge in [0.2, 0.25) is 0 Å². The lowest BCUT2D eigenvalue weighted by Gasteiger charge is -2.11. The van der Waals surface area contributed by atoms with Gasteiger partial charge in [0.25, 0.3) is 0 Å². The molecule has 122 valence electrons. The van der Waals surface area contributed by atoms with Crippen LogP contribution >= 0.6 is 0 Å². The van der Waals surface area contributed by atoms with Crippen LogP contribution in [0.2, 0.25) is 0 Å². The van der Waals surface area contributed by atoms with Crippen molar-refractivity contribution < 1.29 is 18.8 Å². The third-order valence-electron chi connectivity index (χ3n) is 3.43. The lowest BCUT2D eigenvalue weighted by atomic mass is 10.2. The number of ether oxygens (including phenoxy) is 2. The minimum Gasteiger partial charge on any atom is -0.493 e. The maximum Gasteiger partial charge on any atom is 0.415 e. The Balaban J connectivity index is 2.00. The maximum atomic E-state index is 11.6. The van der Waals surface area contributed by atoms with Crippen molar-refractivity contribution in [3.05, 3.63) is 74.6 Å². The first-order valence-corrected chi connectivity index (χ1v) is 7.05. The van der Waals surface area contributed by atoms with Crippen molar-refractivity contribution in [3.63, 3.8) is 0 Å². The molecule has 0 atom stereocenters. The Labute approximate surface area is 136 Å². The van der Waals surface area contributed by atoms with E-state index in [1.54, 1.807) is 0 Å². The fraction of sp³-hybridized carbons (Fsp3) is 0.118. The van der Waals surface area contributed by atoms with Gasteiger partial charge in [-0.1, -0.05) is 30.3 Å². The third-order valence-corrected chi connectivity index (χ3v) is 3.43. The molecule has 0 N–H and O–H groups in total. The first-order chi connectivity index (χ1) is 11.6. The Morgan fingerprint density at radius 1 is 1.12 bits per heavy atom. The van der Waals surface area contributed by atoms with E-state index >= 15 is 0 Å². The molecule has 0 saturated carbocycles. The highest BCUT2D eigenvalue weighted by Gasteiger charge is 2.18. The molecule has 7 nitrogen and oxygen atoms in total. The van der Waals surface area contributed by atoms with E-state index in [9.17, 15) is 14.9 Å². The zero-order chi connectivity index (χ0) is 17.1. The van der Waals surface area contributed by atoms with E-state index in [1.807, 2.05) is 30.3 Å². The van der Waals surface area contributed by atoms with Gasteiger partial charge in [0, 0.05) is 17.5 Å².